The van der Waals surface area contributed by atoms with Gasteiger partial charge in [-0.1, -0.05) is 6.42 Å². The van der Waals surface area contributed by atoms with Crippen LogP contribution in [0.15, 0.2) is 4.99 Å². The second-order valence-electron chi connectivity index (χ2n) is 6.42. The van der Waals surface area contributed by atoms with Gasteiger partial charge in [-0.2, -0.15) is 11.8 Å². The van der Waals surface area contributed by atoms with Crippen molar-refractivity contribution < 1.29 is 8.42 Å². The smallest absolute Gasteiger partial charge is 0.215 e. The standard InChI is InChI=1S/C16H33N5O2S2/c1-2-17-16(18-6-10-20-8-4-3-5-9-20)19-7-15-25(22,23)21-11-13-24-14-12-21/h2-15H2,1H3,(H2,17,18,19). The minimum absolute atomic E-state index is 0.119. The van der Waals surface area contributed by atoms with Crippen molar-refractivity contribution in [3.63, 3.8) is 0 Å². The maximum absolute atomic E-state index is 12.4. The highest BCUT2D eigenvalue weighted by molar-refractivity contribution is 7.99. The Balaban J connectivity index is 1.73. The number of nitrogens with one attached hydrogen (secondary N) is 2. The van der Waals surface area contributed by atoms with E-state index < -0.39 is 10.0 Å². The average Bonchev–Trinajstić information content (AvgIpc) is 2.63. The molecule has 25 heavy (non-hydrogen) atoms. The van der Waals surface area contributed by atoms with Gasteiger partial charge in [0.1, 0.15) is 0 Å². The summed E-state index contributed by atoms with van der Waals surface area (Å²) in [4.78, 5) is 7.03. The molecule has 0 aromatic rings. The van der Waals surface area contributed by atoms with Gasteiger partial charge in [0.25, 0.3) is 0 Å². The second-order valence-corrected chi connectivity index (χ2v) is 9.73. The largest absolute Gasteiger partial charge is 0.357 e. The van der Waals surface area contributed by atoms with E-state index in [1.807, 2.05) is 18.7 Å². The fraction of sp³-hybridized carbons (Fsp3) is 0.938. The van der Waals surface area contributed by atoms with Crippen LogP contribution in [0.2, 0.25) is 0 Å². The third-order valence-corrected chi connectivity index (χ3v) is 7.31. The topological polar surface area (TPSA) is 77.0 Å². The summed E-state index contributed by atoms with van der Waals surface area (Å²) < 4.78 is 26.3. The van der Waals surface area contributed by atoms with Crippen molar-refractivity contribution in [2.45, 2.75) is 26.2 Å². The van der Waals surface area contributed by atoms with Crippen LogP contribution in [0, 0.1) is 0 Å². The van der Waals surface area contributed by atoms with E-state index in [1.165, 1.54) is 32.4 Å². The van der Waals surface area contributed by atoms with Crippen LogP contribution in [-0.4, -0.2) is 93.2 Å². The molecule has 146 valence electrons. The summed E-state index contributed by atoms with van der Waals surface area (Å²) in [7, 11) is -3.17. The molecule has 0 unspecified atom stereocenters. The Morgan fingerprint density at radius 2 is 1.80 bits per heavy atom. The predicted octanol–water partition coefficient (Wildman–Crippen LogP) is 0.406. The van der Waals surface area contributed by atoms with Crippen molar-refractivity contribution in [2.24, 2.45) is 4.99 Å². The molecule has 0 aromatic heterocycles. The maximum atomic E-state index is 12.4. The fourth-order valence-corrected chi connectivity index (χ4v) is 5.57. The van der Waals surface area contributed by atoms with E-state index in [0.717, 1.165) is 31.1 Å². The summed E-state index contributed by atoms with van der Waals surface area (Å²) in [6.45, 7) is 8.51. The van der Waals surface area contributed by atoms with Crippen LogP contribution < -0.4 is 10.6 Å². The molecule has 2 rings (SSSR count). The zero-order valence-corrected chi connectivity index (χ0v) is 17.0. The Bertz CT molecular complexity index is 501. The summed E-state index contributed by atoms with van der Waals surface area (Å²) in [5.41, 5.74) is 0. The van der Waals surface area contributed by atoms with E-state index in [0.29, 0.717) is 25.6 Å². The number of hydrogen-bond donors (Lipinski definition) is 2. The van der Waals surface area contributed by atoms with Crippen molar-refractivity contribution >= 4 is 27.7 Å². The summed E-state index contributed by atoms with van der Waals surface area (Å²) in [5, 5.41) is 6.36. The highest BCUT2D eigenvalue weighted by Gasteiger charge is 2.23. The molecule has 7 nitrogen and oxygen atoms in total. The summed E-state index contributed by atoms with van der Waals surface area (Å²) >= 11 is 1.82. The average molecular weight is 392 g/mol. The normalized spacial score (nSPS) is 21.2. The molecule has 2 saturated heterocycles. The first kappa shape index (κ1) is 20.8. The lowest BCUT2D eigenvalue weighted by atomic mass is 10.1. The van der Waals surface area contributed by atoms with Crippen LogP contribution >= 0.6 is 11.8 Å². The first-order valence-corrected chi connectivity index (χ1v) is 12.2. The van der Waals surface area contributed by atoms with Crippen LogP contribution in [-0.2, 0) is 10.0 Å². The Hall–Kier alpha value is -0.510. The molecule has 0 bridgehead atoms. The Kier molecular flexibility index (Phi) is 9.36. The molecule has 2 aliphatic heterocycles. The molecule has 0 radical (unpaired) electrons. The lowest BCUT2D eigenvalue weighted by molar-refractivity contribution is 0.235. The van der Waals surface area contributed by atoms with Gasteiger partial charge in [-0.3, -0.25) is 4.99 Å². The summed E-state index contributed by atoms with van der Waals surface area (Å²) in [5.74, 6) is 2.62. The van der Waals surface area contributed by atoms with E-state index >= 15 is 0 Å². The number of aliphatic imine (C=N–C) groups is 1. The van der Waals surface area contributed by atoms with Crippen LogP contribution in [0.1, 0.15) is 26.2 Å². The van der Waals surface area contributed by atoms with Crippen molar-refractivity contribution in [1.29, 1.82) is 0 Å². The first-order valence-electron chi connectivity index (χ1n) is 9.42. The van der Waals surface area contributed by atoms with Gasteiger partial charge < -0.3 is 15.5 Å². The van der Waals surface area contributed by atoms with E-state index in [1.54, 1.807) is 4.31 Å². The maximum Gasteiger partial charge on any atom is 0.215 e. The van der Waals surface area contributed by atoms with Crippen molar-refractivity contribution in [3.05, 3.63) is 0 Å². The number of hydrogen-bond acceptors (Lipinski definition) is 5. The van der Waals surface area contributed by atoms with Gasteiger partial charge in [0, 0.05) is 44.2 Å². The Labute approximate surface area is 157 Å². The summed E-state index contributed by atoms with van der Waals surface area (Å²) in [6.07, 6.45) is 3.91. The third-order valence-electron chi connectivity index (χ3n) is 4.49. The number of sulfonamides is 1. The van der Waals surface area contributed by atoms with Gasteiger partial charge in [-0.25, -0.2) is 12.7 Å². The van der Waals surface area contributed by atoms with E-state index in [-0.39, 0.29) is 5.75 Å². The Morgan fingerprint density at radius 1 is 1.08 bits per heavy atom. The van der Waals surface area contributed by atoms with Crippen molar-refractivity contribution in [1.82, 2.24) is 19.8 Å². The molecule has 0 atom stereocenters. The molecular weight excluding hydrogens is 358 g/mol. The van der Waals surface area contributed by atoms with Gasteiger partial charge in [0.2, 0.25) is 10.0 Å². The fourth-order valence-electron chi connectivity index (χ4n) is 3.08. The molecule has 2 fully saturated rings. The number of piperidine rings is 1. The van der Waals surface area contributed by atoms with Crippen LogP contribution in [0.25, 0.3) is 0 Å². The molecule has 0 aromatic carbocycles. The number of thioether (sulfide) groups is 1. The second kappa shape index (κ2) is 11.3. The van der Waals surface area contributed by atoms with E-state index in [9.17, 15) is 8.42 Å². The number of likely N-dealkylation sites (tertiary alicyclic amines) is 1. The Morgan fingerprint density at radius 3 is 2.48 bits per heavy atom. The molecule has 2 heterocycles. The van der Waals surface area contributed by atoms with Crippen LogP contribution in [0.5, 0.6) is 0 Å². The minimum atomic E-state index is -3.17. The van der Waals surface area contributed by atoms with E-state index in [4.69, 9.17) is 0 Å². The lowest BCUT2D eigenvalue weighted by Crippen LogP contribution is -2.44. The van der Waals surface area contributed by atoms with E-state index in [2.05, 4.69) is 20.5 Å². The molecule has 0 saturated carbocycles. The molecular formula is C16H33N5O2S2. The van der Waals surface area contributed by atoms with Gasteiger partial charge in [-0.15, -0.1) is 0 Å². The monoisotopic (exact) mass is 391 g/mol. The van der Waals surface area contributed by atoms with Crippen molar-refractivity contribution in [3.8, 4) is 0 Å². The first-order chi connectivity index (χ1) is 12.1. The van der Waals surface area contributed by atoms with Crippen LogP contribution in [0.3, 0.4) is 0 Å². The van der Waals surface area contributed by atoms with Crippen molar-refractivity contribution in [2.75, 3.05) is 69.6 Å². The zero-order valence-electron chi connectivity index (χ0n) is 15.4. The van der Waals surface area contributed by atoms with Crippen LogP contribution in [0.4, 0.5) is 0 Å². The molecule has 0 amide bonds. The molecule has 2 N–H and O–H groups in total. The highest BCUT2D eigenvalue weighted by atomic mass is 32.2. The number of nitrogens with zero attached hydrogens (tertiary/aromatic N) is 3. The zero-order chi connectivity index (χ0) is 18.0. The molecule has 0 spiro atoms. The van der Waals surface area contributed by atoms with Gasteiger partial charge in [0.15, 0.2) is 5.96 Å². The SMILES string of the molecule is CCNC(=NCCN1CCCCC1)NCCS(=O)(=O)N1CCSCC1. The van der Waals surface area contributed by atoms with Gasteiger partial charge in [0.05, 0.1) is 12.3 Å². The minimum Gasteiger partial charge on any atom is -0.357 e. The van der Waals surface area contributed by atoms with Gasteiger partial charge in [-0.05, 0) is 32.9 Å². The van der Waals surface area contributed by atoms with Gasteiger partial charge >= 0.3 is 0 Å². The number of guanidine groups is 1. The third kappa shape index (κ3) is 7.72. The quantitative estimate of drug-likeness (QED) is 0.461. The summed E-state index contributed by atoms with van der Waals surface area (Å²) in [6, 6.07) is 0. The number of rotatable bonds is 8. The highest BCUT2D eigenvalue weighted by Crippen LogP contribution is 2.13. The molecule has 2 aliphatic rings. The molecule has 0 aliphatic carbocycles. The lowest BCUT2D eigenvalue weighted by Gasteiger charge is -2.26. The molecule has 9 heteroatoms. The predicted molar refractivity (Wildman–Crippen MR) is 107 cm³/mol.